The van der Waals surface area contributed by atoms with E-state index in [0.29, 0.717) is 0 Å². The third kappa shape index (κ3) is 0.831. The molecule has 0 amide bonds. The van der Waals surface area contributed by atoms with Crippen LogP contribution in [0.25, 0.3) is 0 Å². The van der Waals surface area contributed by atoms with E-state index in [0.717, 1.165) is 5.70 Å². The van der Waals surface area contributed by atoms with E-state index in [2.05, 4.69) is 7.27 Å². The van der Waals surface area contributed by atoms with Crippen LogP contribution in [0.1, 0.15) is 0 Å². The van der Waals surface area contributed by atoms with Gasteiger partial charge in [0.05, 0.1) is 0 Å². The maximum absolute atomic E-state index is 5.36. The van der Waals surface area contributed by atoms with Crippen molar-refractivity contribution in [2.75, 3.05) is 0 Å². The Morgan fingerprint density at radius 2 is 2.50 bits per heavy atom. The summed E-state index contributed by atoms with van der Waals surface area (Å²) in [5.74, 6) is 0. The molecule has 2 N–H and O–H groups in total. The van der Waals surface area contributed by atoms with Crippen molar-refractivity contribution in [3.63, 3.8) is 0 Å². The molecular formula is C4H6NTl. The predicted molar refractivity (Wildman–Crippen MR) is 28.6 cm³/mol. The summed E-state index contributed by atoms with van der Waals surface area (Å²) in [4.78, 5) is 0. The Morgan fingerprint density at radius 1 is 1.67 bits per heavy atom. The summed E-state index contributed by atoms with van der Waals surface area (Å²) in [5, 5.41) is 0. The summed E-state index contributed by atoms with van der Waals surface area (Å²) in [7, 11) is 0. The molecule has 6 heavy (non-hydrogen) atoms. The molecule has 0 saturated carbocycles. The van der Waals surface area contributed by atoms with E-state index in [9.17, 15) is 0 Å². The van der Waals surface area contributed by atoms with Crippen LogP contribution in [0.3, 0.4) is 0 Å². The molecule has 0 aromatic heterocycles. The SMILES string of the molecule is NC1=[CH][TlH][CH]=C1. The topological polar surface area (TPSA) is 26.0 Å². The number of hydrogen-bond donors (Lipinski definition) is 1. The average molecular weight is 272 g/mol. The first kappa shape index (κ1) is 4.36. The van der Waals surface area contributed by atoms with Crippen molar-refractivity contribution in [1.82, 2.24) is 0 Å². The first-order chi connectivity index (χ1) is 2.89. The quantitative estimate of drug-likeness (QED) is 0.605. The Balaban J connectivity index is 2.68. The number of nitrogens with two attached hydrogens (primary N) is 1. The van der Waals surface area contributed by atoms with Gasteiger partial charge >= 0.3 is 49.0 Å². The second-order valence-electron chi connectivity index (χ2n) is 1.34. The zero-order valence-corrected chi connectivity index (χ0v) is 9.01. The molecular weight excluding hydrogens is 266 g/mol. The van der Waals surface area contributed by atoms with Crippen LogP contribution in [0.4, 0.5) is 0 Å². The molecule has 0 aliphatic carbocycles. The molecule has 1 nitrogen and oxygen atoms in total. The summed E-state index contributed by atoms with van der Waals surface area (Å²) in [6.07, 6.45) is 2.02. The predicted octanol–water partition coefficient (Wildman–Crippen LogP) is -0.250. The molecule has 30 valence electrons. The fourth-order valence-corrected chi connectivity index (χ4v) is 4.18. The van der Waals surface area contributed by atoms with Crippen molar-refractivity contribution in [3.8, 4) is 0 Å². The molecule has 1 heterocycles. The van der Waals surface area contributed by atoms with Crippen molar-refractivity contribution in [1.29, 1.82) is 0 Å². The van der Waals surface area contributed by atoms with E-state index < -0.39 is 24.2 Å². The third-order valence-corrected chi connectivity index (χ3v) is 5.52. The first-order valence-corrected chi connectivity index (χ1v) is 8.36. The fourth-order valence-electron chi connectivity index (χ4n) is 0.476. The zero-order chi connectivity index (χ0) is 4.41. The zero-order valence-electron chi connectivity index (χ0n) is 3.52. The van der Waals surface area contributed by atoms with Crippen LogP contribution < -0.4 is 5.73 Å². The monoisotopic (exact) mass is 273 g/mol. The van der Waals surface area contributed by atoms with Crippen molar-refractivity contribution >= 4 is 24.2 Å². The van der Waals surface area contributed by atoms with Gasteiger partial charge in [-0.25, -0.2) is 0 Å². The van der Waals surface area contributed by atoms with Gasteiger partial charge in [0.2, 0.25) is 0 Å². The fraction of sp³-hybridized carbons (Fsp3) is 0. The van der Waals surface area contributed by atoms with E-state index in [1.165, 1.54) is 0 Å². The molecule has 0 bridgehead atoms. The molecule has 0 aromatic carbocycles. The summed E-state index contributed by atoms with van der Waals surface area (Å²) < 4.78 is 4.47. The Kier molecular flexibility index (Phi) is 1.29. The summed E-state index contributed by atoms with van der Waals surface area (Å²) in [6.45, 7) is 0. The Morgan fingerprint density at radius 3 is 2.67 bits per heavy atom. The Labute approximate surface area is 49.1 Å². The Bertz CT molecular complexity index is 101. The molecule has 2 heteroatoms. The van der Waals surface area contributed by atoms with Crippen LogP contribution in [0.2, 0.25) is 0 Å². The molecule has 0 atom stereocenters. The molecule has 0 aromatic rings. The van der Waals surface area contributed by atoms with Gasteiger partial charge < -0.3 is 0 Å². The van der Waals surface area contributed by atoms with Crippen LogP contribution >= 0.6 is 0 Å². The molecule has 1 aliphatic rings. The van der Waals surface area contributed by atoms with Gasteiger partial charge in [-0.2, -0.15) is 0 Å². The minimum atomic E-state index is -0.567. The van der Waals surface area contributed by atoms with Crippen LogP contribution in [-0.4, -0.2) is 24.2 Å². The van der Waals surface area contributed by atoms with E-state index >= 15 is 0 Å². The van der Waals surface area contributed by atoms with Gasteiger partial charge in [0, 0.05) is 0 Å². The Hall–Kier alpha value is 0.202. The van der Waals surface area contributed by atoms with Crippen molar-refractivity contribution in [2.45, 2.75) is 0 Å². The number of hydrogen-bond acceptors (Lipinski definition) is 1. The molecule has 0 fully saturated rings. The summed E-state index contributed by atoms with van der Waals surface area (Å²) in [5.41, 5.74) is 6.36. The normalized spacial score (nSPS) is 17.0. The summed E-state index contributed by atoms with van der Waals surface area (Å²) >= 11 is -0.567. The van der Waals surface area contributed by atoms with Crippen molar-refractivity contribution in [3.05, 3.63) is 19.0 Å². The van der Waals surface area contributed by atoms with Gasteiger partial charge in [-0.15, -0.1) is 0 Å². The molecule has 1 rings (SSSR count). The maximum atomic E-state index is 5.36. The van der Waals surface area contributed by atoms with Crippen molar-refractivity contribution in [2.24, 2.45) is 5.73 Å². The van der Waals surface area contributed by atoms with Gasteiger partial charge in [0.25, 0.3) is 0 Å². The summed E-state index contributed by atoms with van der Waals surface area (Å²) in [6, 6.07) is 0. The standard InChI is InChI=1S/C4H5N.Tl.H/c1-3-4(2)5;;/h1-3H,5H2;;. The molecule has 1 aliphatic heterocycles. The van der Waals surface area contributed by atoms with Crippen LogP contribution in [-0.2, 0) is 0 Å². The molecule has 0 radical (unpaired) electrons. The van der Waals surface area contributed by atoms with Gasteiger partial charge in [-0.1, -0.05) is 0 Å². The molecule has 0 saturated heterocycles. The van der Waals surface area contributed by atoms with Crippen LogP contribution in [0.5, 0.6) is 0 Å². The van der Waals surface area contributed by atoms with Crippen LogP contribution in [0.15, 0.2) is 19.0 Å². The van der Waals surface area contributed by atoms with Gasteiger partial charge in [-0.3, -0.25) is 0 Å². The minimum absolute atomic E-state index is 0.567. The van der Waals surface area contributed by atoms with Crippen LogP contribution in [0, 0.1) is 0 Å². The second kappa shape index (κ2) is 1.77. The van der Waals surface area contributed by atoms with Gasteiger partial charge in [-0.05, 0) is 0 Å². The van der Waals surface area contributed by atoms with E-state index in [-0.39, 0.29) is 0 Å². The third-order valence-electron chi connectivity index (χ3n) is 0.800. The number of allylic oxidation sites excluding steroid dienone is 1. The van der Waals surface area contributed by atoms with E-state index in [1.54, 1.807) is 0 Å². The van der Waals surface area contributed by atoms with Crippen molar-refractivity contribution < 1.29 is 0 Å². The second-order valence-corrected chi connectivity index (χ2v) is 6.59. The average Bonchev–Trinajstić information content (AvgIpc) is 1.86. The molecule has 0 unspecified atom stereocenters. The number of rotatable bonds is 0. The van der Waals surface area contributed by atoms with Gasteiger partial charge in [0.15, 0.2) is 0 Å². The van der Waals surface area contributed by atoms with Gasteiger partial charge in [0.1, 0.15) is 0 Å². The first-order valence-electron chi connectivity index (χ1n) is 2.02. The van der Waals surface area contributed by atoms with E-state index in [1.807, 2.05) is 6.08 Å². The molecule has 0 spiro atoms. The van der Waals surface area contributed by atoms with E-state index in [4.69, 9.17) is 5.73 Å².